The van der Waals surface area contributed by atoms with Gasteiger partial charge in [0.15, 0.2) is 0 Å². The number of anilines is 2. The van der Waals surface area contributed by atoms with Gasteiger partial charge in [0.1, 0.15) is 0 Å². The third kappa shape index (κ3) is 7.41. The number of aryl methyl sites for hydroxylation is 1. The fraction of sp³-hybridized carbons (Fsp3) is 0.407. The van der Waals surface area contributed by atoms with Gasteiger partial charge in [-0.3, -0.25) is 9.78 Å². The molecule has 2 heterocycles. The summed E-state index contributed by atoms with van der Waals surface area (Å²) in [5.41, 5.74) is 5.26. The molecule has 0 aliphatic carbocycles. The maximum Gasteiger partial charge on any atom is 0.224 e. The molecule has 1 aliphatic rings. The highest BCUT2D eigenvalue weighted by Gasteiger charge is 2.21. The van der Waals surface area contributed by atoms with Crippen LogP contribution >= 0.6 is 11.3 Å². The number of nitrogens with one attached hydrogen (secondary N) is 2. The molecule has 0 spiro atoms. The van der Waals surface area contributed by atoms with Crippen molar-refractivity contribution in [2.75, 3.05) is 23.3 Å². The molecule has 0 unspecified atom stereocenters. The number of amides is 1. The summed E-state index contributed by atoms with van der Waals surface area (Å²) in [4.78, 5) is 20.4. The quantitative estimate of drug-likeness (QED) is 0.430. The molecule has 0 saturated carbocycles. The number of nitrogens with zero attached hydrogens (tertiary/aromatic N) is 2. The van der Waals surface area contributed by atoms with E-state index in [0.29, 0.717) is 18.5 Å². The van der Waals surface area contributed by atoms with Crippen LogP contribution in [0, 0.1) is 0 Å². The Morgan fingerprint density at radius 1 is 1.15 bits per heavy atom. The third-order valence-corrected chi connectivity index (χ3v) is 7.02. The number of carbonyl (C=O) groups excluding carboxylic acids is 1. The standard InChI is InChI=1S/C27H34N4OS/c1-21(17-26-19-28-20-33-26)29-23-13-15-31(16-14-23)25-11-6-10-24(18-25)30-27(32)12-5-9-22-7-3-2-4-8-22/h2-4,6-8,10-11,18-21,23,29H,5,9,12-17H2,1H3,(H,30,32)/t21-/m0/s1. The Kier molecular flexibility index (Phi) is 8.50. The molecule has 4 rings (SSSR count). The lowest BCUT2D eigenvalue weighted by atomic mass is 10.0. The maximum absolute atomic E-state index is 12.4. The van der Waals surface area contributed by atoms with E-state index >= 15 is 0 Å². The Bertz CT molecular complexity index is 984. The smallest absolute Gasteiger partial charge is 0.224 e. The van der Waals surface area contributed by atoms with Crippen molar-refractivity contribution in [1.82, 2.24) is 10.3 Å². The minimum absolute atomic E-state index is 0.0842. The second-order valence-corrected chi connectivity index (χ2v) is 9.91. The van der Waals surface area contributed by atoms with Crippen LogP contribution < -0.4 is 15.5 Å². The molecule has 1 saturated heterocycles. The molecule has 1 atom stereocenters. The summed E-state index contributed by atoms with van der Waals surface area (Å²) in [6.07, 6.45) is 7.60. The summed E-state index contributed by atoms with van der Waals surface area (Å²) < 4.78 is 0. The molecule has 3 aromatic rings. The molecular weight excluding hydrogens is 428 g/mol. The van der Waals surface area contributed by atoms with E-state index in [1.807, 2.05) is 42.0 Å². The van der Waals surface area contributed by atoms with Gasteiger partial charge >= 0.3 is 0 Å². The number of benzene rings is 2. The van der Waals surface area contributed by atoms with Crippen LogP contribution in [0.3, 0.4) is 0 Å². The summed E-state index contributed by atoms with van der Waals surface area (Å²) in [5, 5.41) is 6.87. The Labute approximate surface area is 201 Å². The van der Waals surface area contributed by atoms with E-state index in [9.17, 15) is 4.79 Å². The lowest BCUT2D eigenvalue weighted by Crippen LogP contribution is -2.46. The molecule has 1 aromatic heterocycles. The van der Waals surface area contributed by atoms with Crippen LogP contribution in [-0.2, 0) is 17.6 Å². The summed E-state index contributed by atoms with van der Waals surface area (Å²) in [6, 6.07) is 19.6. The summed E-state index contributed by atoms with van der Waals surface area (Å²) in [7, 11) is 0. The lowest BCUT2D eigenvalue weighted by Gasteiger charge is -2.35. The van der Waals surface area contributed by atoms with Crippen LogP contribution in [0.5, 0.6) is 0 Å². The molecule has 1 fully saturated rings. The molecule has 1 aliphatic heterocycles. The first-order valence-electron chi connectivity index (χ1n) is 12.0. The molecule has 33 heavy (non-hydrogen) atoms. The topological polar surface area (TPSA) is 57.3 Å². The first kappa shape index (κ1) is 23.5. The zero-order valence-electron chi connectivity index (χ0n) is 19.4. The van der Waals surface area contributed by atoms with Gasteiger partial charge < -0.3 is 15.5 Å². The average Bonchev–Trinajstić information content (AvgIpc) is 3.33. The Hall–Kier alpha value is -2.70. The number of carbonyl (C=O) groups is 1. The number of thiazole rings is 1. The molecule has 0 bridgehead atoms. The van der Waals surface area contributed by atoms with Crippen molar-refractivity contribution >= 4 is 28.6 Å². The largest absolute Gasteiger partial charge is 0.371 e. The van der Waals surface area contributed by atoms with E-state index in [4.69, 9.17) is 0 Å². The number of hydrogen-bond donors (Lipinski definition) is 2. The van der Waals surface area contributed by atoms with Crippen LogP contribution in [0.15, 0.2) is 66.3 Å². The highest BCUT2D eigenvalue weighted by atomic mass is 32.1. The van der Waals surface area contributed by atoms with E-state index in [0.717, 1.165) is 50.9 Å². The molecule has 0 radical (unpaired) electrons. The third-order valence-electron chi connectivity index (χ3n) is 6.21. The van der Waals surface area contributed by atoms with Crippen molar-refractivity contribution in [3.63, 3.8) is 0 Å². The van der Waals surface area contributed by atoms with E-state index < -0.39 is 0 Å². The van der Waals surface area contributed by atoms with Gasteiger partial charge in [0.25, 0.3) is 0 Å². The Morgan fingerprint density at radius 3 is 2.73 bits per heavy atom. The van der Waals surface area contributed by atoms with Crippen LogP contribution in [-0.4, -0.2) is 36.1 Å². The van der Waals surface area contributed by atoms with Gasteiger partial charge in [0.05, 0.1) is 5.51 Å². The predicted octanol–water partition coefficient (Wildman–Crippen LogP) is 5.29. The Balaban J connectivity index is 1.20. The average molecular weight is 463 g/mol. The van der Waals surface area contributed by atoms with Crippen LogP contribution in [0.2, 0.25) is 0 Å². The van der Waals surface area contributed by atoms with E-state index in [-0.39, 0.29) is 5.91 Å². The molecule has 1 amide bonds. The van der Waals surface area contributed by atoms with Crippen LogP contribution in [0.4, 0.5) is 11.4 Å². The zero-order valence-corrected chi connectivity index (χ0v) is 20.2. The molecule has 2 N–H and O–H groups in total. The second-order valence-electron chi connectivity index (χ2n) is 8.94. The number of rotatable bonds is 10. The predicted molar refractivity (Wildman–Crippen MR) is 138 cm³/mol. The lowest BCUT2D eigenvalue weighted by molar-refractivity contribution is -0.116. The van der Waals surface area contributed by atoms with Crippen LogP contribution in [0.25, 0.3) is 0 Å². The molecule has 2 aromatic carbocycles. The minimum atomic E-state index is 0.0842. The molecular formula is C27H34N4OS. The fourth-order valence-electron chi connectivity index (χ4n) is 4.51. The molecule has 6 heteroatoms. The first-order chi connectivity index (χ1) is 16.2. The van der Waals surface area contributed by atoms with Crippen molar-refractivity contribution < 1.29 is 4.79 Å². The minimum Gasteiger partial charge on any atom is -0.371 e. The van der Waals surface area contributed by atoms with Gasteiger partial charge in [0.2, 0.25) is 5.91 Å². The summed E-state index contributed by atoms with van der Waals surface area (Å²) in [6.45, 7) is 4.32. The SMILES string of the molecule is C[C@@H](Cc1cncs1)NC1CCN(c2cccc(NC(=O)CCCc3ccccc3)c2)CC1. The van der Waals surface area contributed by atoms with Gasteiger partial charge in [-0.05, 0) is 62.8 Å². The van der Waals surface area contributed by atoms with Gasteiger partial charge in [-0.1, -0.05) is 36.4 Å². The zero-order chi connectivity index (χ0) is 22.9. The van der Waals surface area contributed by atoms with Crippen molar-refractivity contribution in [2.45, 2.75) is 57.5 Å². The van der Waals surface area contributed by atoms with E-state index in [1.54, 1.807) is 11.3 Å². The number of piperidine rings is 1. The van der Waals surface area contributed by atoms with Gasteiger partial charge in [-0.25, -0.2) is 0 Å². The summed E-state index contributed by atoms with van der Waals surface area (Å²) in [5.74, 6) is 0.0842. The van der Waals surface area contributed by atoms with Gasteiger partial charge in [-0.15, -0.1) is 11.3 Å². The summed E-state index contributed by atoms with van der Waals surface area (Å²) >= 11 is 1.73. The number of hydrogen-bond acceptors (Lipinski definition) is 5. The normalized spacial score (nSPS) is 15.4. The van der Waals surface area contributed by atoms with E-state index in [1.165, 1.54) is 16.1 Å². The second kappa shape index (κ2) is 12.0. The highest BCUT2D eigenvalue weighted by molar-refractivity contribution is 7.09. The highest BCUT2D eigenvalue weighted by Crippen LogP contribution is 2.24. The molecule has 174 valence electrons. The van der Waals surface area contributed by atoms with Crippen molar-refractivity contribution in [1.29, 1.82) is 0 Å². The maximum atomic E-state index is 12.4. The van der Waals surface area contributed by atoms with Gasteiger partial charge in [-0.2, -0.15) is 0 Å². The number of aromatic nitrogens is 1. The van der Waals surface area contributed by atoms with Crippen LogP contribution in [0.1, 0.15) is 43.0 Å². The van der Waals surface area contributed by atoms with Crippen molar-refractivity contribution in [3.8, 4) is 0 Å². The first-order valence-corrected chi connectivity index (χ1v) is 12.9. The molecule has 5 nitrogen and oxygen atoms in total. The van der Waals surface area contributed by atoms with E-state index in [2.05, 4.69) is 51.7 Å². The fourth-order valence-corrected chi connectivity index (χ4v) is 5.24. The monoisotopic (exact) mass is 462 g/mol. The van der Waals surface area contributed by atoms with Crippen molar-refractivity contribution in [2.24, 2.45) is 0 Å². The Morgan fingerprint density at radius 2 is 1.97 bits per heavy atom. The van der Waals surface area contributed by atoms with Gasteiger partial charge in [0, 0.05) is 54.0 Å². The van der Waals surface area contributed by atoms with Crippen molar-refractivity contribution in [3.05, 3.63) is 76.7 Å².